The standard InChI is InChI=1S/C11H15OSi.C11H16OSi/c1-10-6-2-3-7-11(10)13-9-5-4-8-12-13;1-13(10-6-5-9-12-13)11-7-3-2-4-8-11/h2-3,6-7H,4-5,8-9H2,1H3;2-4,7-8H,5-6,9-10H2,1H3. The first-order valence-electron chi connectivity index (χ1n) is 9.93. The van der Waals surface area contributed by atoms with Crippen LogP contribution in [0.5, 0.6) is 0 Å². The van der Waals surface area contributed by atoms with Crippen molar-refractivity contribution in [3.8, 4) is 0 Å². The van der Waals surface area contributed by atoms with Gasteiger partial charge >= 0.3 is 0 Å². The normalized spacial score (nSPS) is 23.8. The zero-order valence-corrected chi connectivity index (χ0v) is 18.2. The van der Waals surface area contributed by atoms with Crippen molar-refractivity contribution in [2.24, 2.45) is 0 Å². The summed E-state index contributed by atoms with van der Waals surface area (Å²) in [6, 6.07) is 22.0. The van der Waals surface area contributed by atoms with Crippen LogP contribution >= 0.6 is 0 Å². The molecule has 1 atom stereocenters. The van der Waals surface area contributed by atoms with Gasteiger partial charge in [-0.25, -0.2) is 0 Å². The molecule has 4 heteroatoms. The average molecular weight is 384 g/mol. The fraction of sp³-hybridized carbons (Fsp3) is 0.455. The molecule has 2 heterocycles. The molecule has 2 aromatic carbocycles. The molecule has 2 aliphatic heterocycles. The number of aryl methyl sites for hydroxylation is 1. The maximum atomic E-state index is 5.99. The minimum Gasteiger partial charge on any atom is -0.413 e. The topological polar surface area (TPSA) is 18.5 Å². The lowest BCUT2D eigenvalue weighted by Gasteiger charge is -2.31. The summed E-state index contributed by atoms with van der Waals surface area (Å²) in [4.78, 5) is 0. The molecule has 0 N–H and O–H groups in total. The summed E-state index contributed by atoms with van der Waals surface area (Å²) in [6.07, 6.45) is 5.19. The van der Waals surface area contributed by atoms with Crippen molar-refractivity contribution in [3.63, 3.8) is 0 Å². The summed E-state index contributed by atoms with van der Waals surface area (Å²) < 4.78 is 11.8. The monoisotopic (exact) mass is 383 g/mol. The predicted molar refractivity (Wildman–Crippen MR) is 114 cm³/mol. The van der Waals surface area contributed by atoms with Crippen LogP contribution < -0.4 is 10.4 Å². The number of hydrogen-bond acceptors (Lipinski definition) is 2. The third-order valence-corrected chi connectivity index (χ3v) is 11.6. The molecule has 4 rings (SSSR count). The van der Waals surface area contributed by atoms with Gasteiger partial charge < -0.3 is 8.85 Å². The number of hydrogen-bond donors (Lipinski definition) is 0. The van der Waals surface area contributed by atoms with Crippen molar-refractivity contribution in [1.29, 1.82) is 0 Å². The number of rotatable bonds is 2. The molecule has 26 heavy (non-hydrogen) atoms. The third kappa shape index (κ3) is 5.16. The summed E-state index contributed by atoms with van der Waals surface area (Å²) in [6.45, 7) is 6.46. The molecule has 0 bridgehead atoms. The van der Waals surface area contributed by atoms with Crippen molar-refractivity contribution >= 4 is 27.7 Å². The minimum absolute atomic E-state index is 0.656. The lowest BCUT2D eigenvalue weighted by atomic mass is 10.2. The maximum Gasteiger partial charge on any atom is 0.246 e. The quantitative estimate of drug-likeness (QED) is 0.721. The van der Waals surface area contributed by atoms with Gasteiger partial charge in [0.1, 0.15) is 0 Å². The molecule has 1 radical (unpaired) electrons. The molecule has 2 fully saturated rings. The molecule has 0 aromatic heterocycles. The first-order valence-corrected chi connectivity index (χ1v) is 14.2. The number of benzene rings is 2. The summed E-state index contributed by atoms with van der Waals surface area (Å²) in [7, 11) is -2.17. The van der Waals surface area contributed by atoms with Crippen LogP contribution in [0.2, 0.25) is 18.6 Å². The van der Waals surface area contributed by atoms with Crippen LogP contribution in [0.4, 0.5) is 0 Å². The average Bonchev–Trinajstić information content (AvgIpc) is 2.71. The molecule has 2 aromatic rings. The van der Waals surface area contributed by atoms with E-state index in [2.05, 4.69) is 68.1 Å². The van der Waals surface area contributed by atoms with E-state index in [-0.39, 0.29) is 0 Å². The SMILES string of the molecule is C[Si]1(c2ccccc2)CCCCO1.Cc1ccccc1[Si]1CCCCO1. The Bertz CT molecular complexity index is 663. The molecule has 0 amide bonds. The van der Waals surface area contributed by atoms with Gasteiger partial charge in [0.2, 0.25) is 17.4 Å². The highest BCUT2D eigenvalue weighted by atomic mass is 28.4. The molecule has 1 unspecified atom stereocenters. The summed E-state index contributed by atoms with van der Waals surface area (Å²) in [5.41, 5.74) is 1.40. The predicted octanol–water partition coefficient (Wildman–Crippen LogP) is 4.28. The van der Waals surface area contributed by atoms with Crippen molar-refractivity contribution in [2.45, 2.75) is 51.2 Å². The van der Waals surface area contributed by atoms with Crippen molar-refractivity contribution < 1.29 is 8.85 Å². The Labute approximate surface area is 161 Å². The first kappa shape index (κ1) is 19.6. The van der Waals surface area contributed by atoms with Gasteiger partial charge in [-0.05, 0) is 54.3 Å². The zero-order valence-electron chi connectivity index (χ0n) is 16.2. The summed E-state index contributed by atoms with van der Waals surface area (Å²) in [5.74, 6) is 0. The third-order valence-electron chi connectivity index (χ3n) is 5.37. The second-order valence-electron chi connectivity index (χ2n) is 7.45. The summed E-state index contributed by atoms with van der Waals surface area (Å²) in [5, 5.41) is 2.93. The van der Waals surface area contributed by atoms with Crippen LogP contribution in [-0.2, 0) is 8.85 Å². The van der Waals surface area contributed by atoms with E-state index in [1.54, 1.807) is 0 Å². The minimum atomic E-state index is -1.51. The van der Waals surface area contributed by atoms with E-state index >= 15 is 0 Å². The molecule has 0 spiro atoms. The van der Waals surface area contributed by atoms with E-state index in [4.69, 9.17) is 8.85 Å². The van der Waals surface area contributed by atoms with E-state index in [0.29, 0.717) is 0 Å². The van der Waals surface area contributed by atoms with E-state index in [0.717, 1.165) is 13.2 Å². The fourth-order valence-electron chi connectivity index (χ4n) is 3.71. The van der Waals surface area contributed by atoms with Crippen molar-refractivity contribution in [3.05, 3.63) is 60.2 Å². The van der Waals surface area contributed by atoms with Gasteiger partial charge in [-0.1, -0.05) is 67.4 Å². The van der Waals surface area contributed by atoms with Gasteiger partial charge in [0.15, 0.2) is 0 Å². The molecule has 139 valence electrons. The van der Waals surface area contributed by atoms with E-state index < -0.39 is 17.4 Å². The highest BCUT2D eigenvalue weighted by molar-refractivity contribution is 6.85. The molecule has 0 saturated carbocycles. The Hall–Kier alpha value is -1.21. The van der Waals surface area contributed by atoms with Crippen LogP contribution in [0.1, 0.15) is 31.2 Å². The van der Waals surface area contributed by atoms with E-state index in [1.807, 2.05) is 0 Å². The molecule has 2 saturated heterocycles. The van der Waals surface area contributed by atoms with Crippen LogP contribution in [0.3, 0.4) is 0 Å². The van der Waals surface area contributed by atoms with Crippen LogP contribution in [0.25, 0.3) is 0 Å². The molecular formula is C22H31O2Si2. The van der Waals surface area contributed by atoms with Gasteiger partial charge in [0.25, 0.3) is 0 Å². The highest BCUT2D eigenvalue weighted by Crippen LogP contribution is 2.21. The molecule has 2 nitrogen and oxygen atoms in total. The second-order valence-corrected chi connectivity index (χ2v) is 13.4. The Balaban J connectivity index is 0.000000151. The lowest BCUT2D eigenvalue weighted by Crippen LogP contribution is -2.49. The molecular weight excluding hydrogens is 352 g/mol. The lowest BCUT2D eigenvalue weighted by molar-refractivity contribution is 0.279. The fourth-order valence-corrected chi connectivity index (χ4v) is 9.06. The second kappa shape index (κ2) is 9.65. The molecule has 0 aliphatic carbocycles. The highest BCUT2D eigenvalue weighted by Gasteiger charge is 2.33. The first-order chi connectivity index (χ1) is 12.7. The smallest absolute Gasteiger partial charge is 0.246 e. The van der Waals surface area contributed by atoms with Crippen molar-refractivity contribution in [1.82, 2.24) is 0 Å². The van der Waals surface area contributed by atoms with Crippen LogP contribution in [-0.4, -0.2) is 30.6 Å². The summed E-state index contributed by atoms with van der Waals surface area (Å²) >= 11 is 0. The Morgan fingerprint density at radius 2 is 1.58 bits per heavy atom. The zero-order chi connectivity index (χ0) is 18.2. The van der Waals surface area contributed by atoms with Gasteiger partial charge in [-0.3, -0.25) is 0 Å². The van der Waals surface area contributed by atoms with Crippen LogP contribution in [0.15, 0.2) is 54.6 Å². The van der Waals surface area contributed by atoms with E-state index in [1.165, 1.54) is 53.7 Å². The van der Waals surface area contributed by atoms with Gasteiger partial charge in [0.05, 0.1) is 0 Å². The Morgan fingerprint density at radius 1 is 0.846 bits per heavy atom. The van der Waals surface area contributed by atoms with Crippen LogP contribution in [0, 0.1) is 6.92 Å². The van der Waals surface area contributed by atoms with Gasteiger partial charge in [-0.15, -0.1) is 0 Å². The van der Waals surface area contributed by atoms with Gasteiger partial charge in [-0.2, -0.15) is 0 Å². The molecule has 2 aliphatic rings. The Morgan fingerprint density at radius 3 is 2.23 bits per heavy atom. The van der Waals surface area contributed by atoms with E-state index in [9.17, 15) is 0 Å². The Kier molecular flexibility index (Phi) is 7.26. The maximum absolute atomic E-state index is 5.99. The van der Waals surface area contributed by atoms with Gasteiger partial charge in [0, 0.05) is 13.2 Å². The largest absolute Gasteiger partial charge is 0.413 e. The van der Waals surface area contributed by atoms with Crippen molar-refractivity contribution in [2.75, 3.05) is 13.2 Å².